The highest BCUT2D eigenvalue weighted by Gasteiger charge is 2.31. The number of ether oxygens (including phenoxy) is 1. The van der Waals surface area contributed by atoms with Crippen molar-refractivity contribution in [1.82, 2.24) is 19.2 Å². The van der Waals surface area contributed by atoms with E-state index in [1.165, 1.54) is 18.4 Å². The molecule has 0 spiro atoms. The van der Waals surface area contributed by atoms with Gasteiger partial charge in [0.1, 0.15) is 17.4 Å². The standard InChI is InChI=1S/C33H39N5O2S/c1-25(36-20-22-38(23-21-36)41(39)29-14-12-28(40-2)13-15-29)32-34-31-11-7-6-10-30(31)33(35-32)37-18-16-27(17-19-37)24-26-8-4-3-5-9-26/h3-15,25,27H,16-24H2,1-2H3. The van der Waals surface area contributed by atoms with Crippen molar-refractivity contribution in [3.05, 3.63) is 90.3 Å². The molecular weight excluding hydrogens is 530 g/mol. The molecule has 4 aromatic rings. The fourth-order valence-electron chi connectivity index (χ4n) is 6.06. The summed E-state index contributed by atoms with van der Waals surface area (Å²) in [7, 11) is 1.64. The van der Waals surface area contributed by atoms with Gasteiger partial charge in [0.2, 0.25) is 0 Å². The van der Waals surface area contributed by atoms with Gasteiger partial charge in [-0.05, 0) is 74.1 Å². The largest absolute Gasteiger partial charge is 0.593 e. The van der Waals surface area contributed by atoms with Crippen molar-refractivity contribution in [2.45, 2.75) is 37.1 Å². The van der Waals surface area contributed by atoms with Gasteiger partial charge in [0.05, 0.1) is 43.1 Å². The van der Waals surface area contributed by atoms with E-state index in [0.29, 0.717) is 5.92 Å². The highest BCUT2D eigenvalue weighted by Crippen LogP contribution is 2.32. The second-order valence-electron chi connectivity index (χ2n) is 11.1. The summed E-state index contributed by atoms with van der Waals surface area (Å²) < 4.78 is 20.5. The minimum absolute atomic E-state index is 0.0746. The Labute approximate surface area is 246 Å². The molecule has 2 unspecified atom stereocenters. The summed E-state index contributed by atoms with van der Waals surface area (Å²) in [6, 6.07) is 26.9. The van der Waals surface area contributed by atoms with Crippen LogP contribution in [0, 0.1) is 5.92 Å². The SMILES string of the molecule is COc1ccc([S+]([O-])N2CCN(C(C)c3nc(N4CCC(Cc5ccccc5)CC4)c4ccccc4n3)CC2)cc1. The van der Waals surface area contributed by atoms with Crippen LogP contribution in [0.3, 0.4) is 0 Å². The lowest BCUT2D eigenvalue weighted by Gasteiger charge is -2.37. The molecule has 0 saturated carbocycles. The zero-order chi connectivity index (χ0) is 28.2. The van der Waals surface area contributed by atoms with Crippen LogP contribution < -0.4 is 9.64 Å². The van der Waals surface area contributed by atoms with E-state index in [1.807, 2.05) is 24.3 Å². The van der Waals surface area contributed by atoms with Crippen LogP contribution in [-0.4, -0.2) is 70.1 Å². The van der Waals surface area contributed by atoms with Gasteiger partial charge in [-0.15, -0.1) is 4.31 Å². The Balaban J connectivity index is 1.13. The molecular formula is C33H39N5O2S. The lowest BCUT2D eigenvalue weighted by Crippen LogP contribution is -2.49. The van der Waals surface area contributed by atoms with E-state index >= 15 is 0 Å². The maximum absolute atomic E-state index is 13.2. The first-order valence-corrected chi connectivity index (χ1v) is 15.8. The van der Waals surface area contributed by atoms with Crippen molar-refractivity contribution in [3.63, 3.8) is 0 Å². The molecule has 0 radical (unpaired) electrons. The molecule has 7 nitrogen and oxygen atoms in total. The summed E-state index contributed by atoms with van der Waals surface area (Å²) in [6.45, 7) is 7.34. The number of aromatic nitrogens is 2. The molecule has 3 aromatic carbocycles. The lowest BCUT2D eigenvalue weighted by atomic mass is 9.90. The Kier molecular flexibility index (Phi) is 8.72. The first kappa shape index (κ1) is 28.0. The number of piperazine rings is 1. The number of fused-ring (bicyclic) bond motifs is 1. The highest BCUT2D eigenvalue weighted by atomic mass is 32.2. The van der Waals surface area contributed by atoms with Crippen LogP contribution in [0.15, 0.2) is 83.8 Å². The van der Waals surface area contributed by atoms with Crippen LogP contribution in [0.25, 0.3) is 10.9 Å². The van der Waals surface area contributed by atoms with Gasteiger partial charge in [-0.1, -0.05) is 42.5 Å². The summed E-state index contributed by atoms with van der Waals surface area (Å²) in [5.74, 6) is 3.42. The predicted molar refractivity (Wildman–Crippen MR) is 166 cm³/mol. The van der Waals surface area contributed by atoms with E-state index in [0.717, 1.165) is 78.9 Å². The summed E-state index contributed by atoms with van der Waals surface area (Å²) in [4.78, 5) is 15.9. The van der Waals surface area contributed by atoms with Crippen LogP contribution in [-0.2, 0) is 17.8 Å². The molecule has 214 valence electrons. The molecule has 0 amide bonds. The van der Waals surface area contributed by atoms with Gasteiger partial charge < -0.3 is 14.2 Å². The minimum Gasteiger partial charge on any atom is -0.593 e. The number of rotatable bonds is 8. The number of anilines is 1. The van der Waals surface area contributed by atoms with Gasteiger partial charge in [-0.3, -0.25) is 4.90 Å². The molecule has 1 aromatic heterocycles. The summed E-state index contributed by atoms with van der Waals surface area (Å²) in [5, 5.41) is 1.13. The maximum Gasteiger partial charge on any atom is 0.174 e. The average Bonchev–Trinajstić information content (AvgIpc) is 3.04. The second-order valence-corrected chi connectivity index (χ2v) is 12.6. The van der Waals surface area contributed by atoms with Gasteiger partial charge in [0.25, 0.3) is 0 Å². The molecule has 2 fully saturated rings. The van der Waals surface area contributed by atoms with E-state index in [4.69, 9.17) is 14.7 Å². The molecule has 0 bridgehead atoms. The molecule has 2 aliphatic rings. The summed E-state index contributed by atoms with van der Waals surface area (Å²) >= 11 is -1.18. The van der Waals surface area contributed by atoms with Crippen molar-refractivity contribution in [1.29, 1.82) is 0 Å². The van der Waals surface area contributed by atoms with Crippen molar-refractivity contribution >= 4 is 28.1 Å². The average molecular weight is 570 g/mol. The van der Waals surface area contributed by atoms with Gasteiger partial charge in [0, 0.05) is 31.6 Å². The Hall–Kier alpha value is -3.17. The van der Waals surface area contributed by atoms with Crippen LogP contribution in [0.1, 0.15) is 37.2 Å². The monoisotopic (exact) mass is 569 g/mol. The molecule has 0 N–H and O–H groups in total. The molecule has 0 aliphatic carbocycles. The van der Waals surface area contributed by atoms with Gasteiger partial charge in [-0.25, -0.2) is 9.97 Å². The van der Waals surface area contributed by atoms with Gasteiger partial charge in [-0.2, -0.15) is 0 Å². The molecule has 2 saturated heterocycles. The maximum atomic E-state index is 13.2. The molecule has 8 heteroatoms. The molecule has 3 heterocycles. The van der Waals surface area contributed by atoms with E-state index in [1.54, 1.807) is 7.11 Å². The van der Waals surface area contributed by atoms with Crippen molar-refractivity contribution in [2.75, 3.05) is 51.3 Å². The third kappa shape index (κ3) is 6.36. The number of nitrogens with zero attached hydrogens (tertiary/aromatic N) is 5. The minimum atomic E-state index is -1.18. The third-order valence-electron chi connectivity index (χ3n) is 8.57. The Morgan fingerprint density at radius 3 is 2.24 bits per heavy atom. The molecule has 2 atom stereocenters. The Morgan fingerprint density at radius 2 is 1.54 bits per heavy atom. The van der Waals surface area contributed by atoms with Crippen molar-refractivity contribution in [3.8, 4) is 5.75 Å². The molecule has 41 heavy (non-hydrogen) atoms. The normalized spacial score (nSPS) is 18.9. The molecule has 6 rings (SSSR count). The quantitative estimate of drug-likeness (QED) is 0.260. The first-order valence-electron chi connectivity index (χ1n) is 14.7. The number of para-hydroxylation sites is 1. The number of benzene rings is 3. The van der Waals surface area contributed by atoms with Crippen molar-refractivity contribution < 1.29 is 9.29 Å². The predicted octanol–water partition coefficient (Wildman–Crippen LogP) is 5.50. The topological polar surface area (TPSA) is 67.8 Å². The third-order valence-corrected chi connectivity index (χ3v) is 10.1. The number of hydrogen-bond acceptors (Lipinski definition) is 7. The highest BCUT2D eigenvalue weighted by molar-refractivity contribution is 7.89. The zero-order valence-corrected chi connectivity index (χ0v) is 24.8. The van der Waals surface area contributed by atoms with Crippen molar-refractivity contribution in [2.24, 2.45) is 5.92 Å². The van der Waals surface area contributed by atoms with E-state index in [-0.39, 0.29) is 6.04 Å². The fourth-order valence-corrected chi connectivity index (χ4v) is 7.22. The zero-order valence-electron chi connectivity index (χ0n) is 24.0. The van der Waals surface area contributed by atoms with Crippen LogP contribution >= 0.6 is 0 Å². The lowest BCUT2D eigenvalue weighted by molar-refractivity contribution is 0.141. The number of hydrogen-bond donors (Lipinski definition) is 0. The Bertz CT molecular complexity index is 1420. The van der Waals surface area contributed by atoms with E-state index in [2.05, 4.69) is 75.6 Å². The summed E-state index contributed by atoms with van der Waals surface area (Å²) in [5.41, 5.74) is 2.44. The van der Waals surface area contributed by atoms with Crippen LogP contribution in [0.5, 0.6) is 5.75 Å². The van der Waals surface area contributed by atoms with E-state index < -0.39 is 11.4 Å². The summed E-state index contributed by atoms with van der Waals surface area (Å²) in [6.07, 6.45) is 3.49. The fraction of sp³-hybridized carbons (Fsp3) is 0.394. The van der Waals surface area contributed by atoms with Gasteiger partial charge in [0.15, 0.2) is 4.90 Å². The number of piperidine rings is 1. The van der Waals surface area contributed by atoms with E-state index in [9.17, 15) is 4.55 Å². The first-order chi connectivity index (χ1) is 20.1. The van der Waals surface area contributed by atoms with Crippen LogP contribution in [0.4, 0.5) is 5.82 Å². The Morgan fingerprint density at radius 1 is 0.854 bits per heavy atom. The van der Waals surface area contributed by atoms with Gasteiger partial charge >= 0.3 is 0 Å². The smallest absolute Gasteiger partial charge is 0.174 e. The second kappa shape index (κ2) is 12.8. The van der Waals surface area contributed by atoms with Crippen LogP contribution in [0.2, 0.25) is 0 Å². The molecule has 2 aliphatic heterocycles. The number of methoxy groups -OCH3 is 1.